The number of piperidine rings is 1. The zero-order valence-electron chi connectivity index (χ0n) is 15.5. The highest BCUT2D eigenvalue weighted by atomic mass is 19.1. The lowest BCUT2D eigenvalue weighted by Gasteiger charge is -2.30. The van der Waals surface area contributed by atoms with Crippen LogP contribution in [0.3, 0.4) is 0 Å². The van der Waals surface area contributed by atoms with E-state index in [1.807, 2.05) is 19.1 Å². The van der Waals surface area contributed by atoms with E-state index in [1.165, 1.54) is 6.07 Å². The Morgan fingerprint density at radius 1 is 1.22 bits per heavy atom. The molecule has 0 amide bonds. The number of aromatic nitrogens is 2. The average Bonchev–Trinajstić information content (AvgIpc) is 2.63. The first-order chi connectivity index (χ1) is 13.0. The molecule has 2 aromatic carbocycles. The molecule has 0 aliphatic carbocycles. The molecule has 1 atom stereocenters. The van der Waals surface area contributed by atoms with E-state index in [-0.39, 0.29) is 17.6 Å². The summed E-state index contributed by atoms with van der Waals surface area (Å²) in [5.74, 6) is 0.227. The molecule has 1 saturated heterocycles. The predicted molar refractivity (Wildman–Crippen MR) is 105 cm³/mol. The first-order valence-electron chi connectivity index (χ1n) is 9.23. The summed E-state index contributed by atoms with van der Waals surface area (Å²) in [5, 5.41) is 23.4. The molecule has 2 heterocycles. The van der Waals surface area contributed by atoms with E-state index in [2.05, 4.69) is 27.5 Å². The SMILES string of the molecule is Cc1ccc(-c2nnc(NC3CCCN(C)C3)c3c(F)cccc23)c(O)c1. The molecule has 0 saturated carbocycles. The third-order valence-electron chi connectivity index (χ3n) is 5.13. The van der Waals surface area contributed by atoms with E-state index in [0.717, 1.165) is 31.5 Å². The summed E-state index contributed by atoms with van der Waals surface area (Å²) in [7, 11) is 2.08. The standard InChI is InChI=1S/C21H23FN4O/c1-13-8-9-15(18(27)11-13)20-16-6-3-7-17(22)19(16)21(25-24-20)23-14-5-4-10-26(2)12-14/h3,6-9,11,14,27H,4-5,10,12H2,1-2H3,(H,23,25). The summed E-state index contributed by atoms with van der Waals surface area (Å²) in [5.41, 5.74) is 1.97. The molecule has 0 radical (unpaired) electrons. The largest absolute Gasteiger partial charge is 0.507 e. The molecule has 1 aliphatic rings. The van der Waals surface area contributed by atoms with Crippen LogP contribution in [0.1, 0.15) is 18.4 Å². The van der Waals surface area contributed by atoms with Crippen molar-refractivity contribution in [2.24, 2.45) is 0 Å². The molecule has 27 heavy (non-hydrogen) atoms. The predicted octanol–water partition coefficient (Wildman–Crippen LogP) is 3.96. The molecule has 140 valence electrons. The normalized spacial score (nSPS) is 18.0. The Morgan fingerprint density at radius 3 is 2.85 bits per heavy atom. The van der Waals surface area contributed by atoms with Crippen LogP contribution in [0, 0.1) is 12.7 Å². The first-order valence-corrected chi connectivity index (χ1v) is 9.23. The molecule has 1 aliphatic heterocycles. The summed E-state index contributed by atoms with van der Waals surface area (Å²) < 4.78 is 14.8. The number of hydrogen-bond acceptors (Lipinski definition) is 5. The number of aryl methyl sites for hydroxylation is 1. The van der Waals surface area contributed by atoms with Gasteiger partial charge in [-0.2, -0.15) is 0 Å². The molecule has 0 bridgehead atoms. The molecular weight excluding hydrogens is 343 g/mol. The minimum Gasteiger partial charge on any atom is -0.507 e. The van der Waals surface area contributed by atoms with Crippen molar-refractivity contribution < 1.29 is 9.50 Å². The highest BCUT2D eigenvalue weighted by Gasteiger charge is 2.21. The van der Waals surface area contributed by atoms with Gasteiger partial charge in [0, 0.05) is 23.5 Å². The number of hydrogen-bond donors (Lipinski definition) is 2. The Balaban J connectivity index is 1.81. The molecule has 3 aromatic rings. The van der Waals surface area contributed by atoms with Crippen molar-refractivity contribution >= 4 is 16.6 Å². The van der Waals surface area contributed by atoms with Crippen molar-refractivity contribution in [3.63, 3.8) is 0 Å². The molecule has 1 fully saturated rings. The summed E-state index contributed by atoms with van der Waals surface area (Å²) in [6.07, 6.45) is 2.11. The van der Waals surface area contributed by atoms with Crippen LogP contribution in [0.5, 0.6) is 5.75 Å². The van der Waals surface area contributed by atoms with E-state index in [9.17, 15) is 9.50 Å². The molecule has 5 nitrogen and oxygen atoms in total. The van der Waals surface area contributed by atoms with Crippen LogP contribution in [0.2, 0.25) is 0 Å². The third-order valence-corrected chi connectivity index (χ3v) is 5.13. The lowest BCUT2D eigenvalue weighted by atomic mass is 10.0. The number of phenolic OH excluding ortho intramolecular Hbond substituents is 1. The van der Waals surface area contributed by atoms with Gasteiger partial charge in [-0.3, -0.25) is 0 Å². The fraction of sp³-hybridized carbons (Fsp3) is 0.333. The van der Waals surface area contributed by atoms with Gasteiger partial charge in [-0.15, -0.1) is 10.2 Å². The maximum atomic E-state index is 14.8. The van der Waals surface area contributed by atoms with Crippen molar-refractivity contribution in [1.29, 1.82) is 0 Å². The number of likely N-dealkylation sites (N-methyl/N-ethyl adjacent to an activating group) is 1. The number of anilines is 1. The van der Waals surface area contributed by atoms with Gasteiger partial charge in [-0.25, -0.2) is 4.39 Å². The van der Waals surface area contributed by atoms with E-state index >= 15 is 0 Å². The number of nitrogens with one attached hydrogen (secondary N) is 1. The minimum atomic E-state index is -0.345. The number of nitrogens with zero attached hydrogens (tertiary/aromatic N) is 3. The van der Waals surface area contributed by atoms with Gasteiger partial charge in [0.2, 0.25) is 0 Å². The number of rotatable bonds is 3. The smallest absolute Gasteiger partial charge is 0.159 e. The van der Waals surface area contributed by atoms with Gasteiger partial charge in [0.25, 0.3) is 0 Å². The van der Waals surface area contributed by atoms with Crippen LogP contribution in [0.15, 0.2) is 36.4 Å². The van der Waals surface area contributed by atoms with Gasteiger partial charge in [-0.1, -0.05) is 18.2 Å². The topological polar surface area (TPSA) is 61.3 Å². The van der Waals surface area contributed by atoms with Crippen molar-refractivity contribution in [3.8, 4) is 17.0 Å². The molecule has 1 aromatic heterocycles. The second-order valence-electron chi connectivity index (χ2n) is 7.33. The summed E-state index contributed by atoms with van der Waals surface area (Å²) in [4.78, 5) is 2.26. The summed E-state index contributed by atoms with van der Waals surface area (Å²) in [6.45, 7) is 3.86. The quantitative estimate of drug-likeness (QED) is 0.735. The van der Waals surface area contributed by atoms with Gasteiger partial charge >= 0.3 is 0 Å². The fourth-order valence-electron chi connectivity index (χ4n) is 3.79. The minimum absolute atomic E-state index is 0.115. The maximum Gasteiger partial charge on any atom is 0.159 e. The number of aromatic hydroxyl groups is 1. The Kier molecular flexibility index (Phi) is 4.66. The fourth-order valence-corrected chi connectivity index (χ4v) is 3.79. The van der Waals surface area contributed by atoms with E-state index in [0.29, 0.717) is 27.8 Å². The van der Waals surface area contributed by atoms with Crippen LogP contribution in [-0.2, 0) is 0 Å². The average molecular weight is 366 g/mol. The lowest BCUT2D eigenvalue weighted by Crippen LogP contribution is -2.40. The molecule has 1 unspecified atom stereocenters. The number of likely N-dealkylation sites (tertiary alicyclic amines) is 1. The van der Waals surface area contributed by atoms with Gasteiger partial charge in [-0.05, 0) is 57.1 Å². The third kappa shape index (κ3) is 3.45. The summed E-state index contributed by atoms with van der Waals surface area (Å²) >= 11 is 0. The zero-order chi connectivity index (χ0) is 19.0. The van der Waals surface area contributed by atoms with Crippen LogP contribution in [0.4, 0.5) is 10.2 Å². The first kappa shape index (κ1) is 17.7. The Labute approximate surface area is 157 Å². The molecule has 2 N–H and O–H groups in total. The van der Waals surface area contributed by atoms with Gasteiger partial charge in [0.15, 0.2) is 5.82 Å². The number of phenols is 1. The molecule has 0 spiro atoms. The van der Waals surface area contributed by atoms with E-state index in [1.54, 1.807) is 18.2 Å². The van der Waals surface area contributed by atoms with Crippen molar-refractivity contribution in [2.75, 3.05) is 25.5 Å². The second-order valence-corrected chi connectivity index (χ2v) is 7.33. The van der Waals surface area contributed by atoms with Gasteiger partial charge < -0.3 is 15.3 Å². The highest BCUT2D eigenvalue weighted by molar-refractivity contribution is 6.01. The van der Waals surface area contributed by atoms with Crippen LogP contribution < -0.4 is 5.32 Å². The number of halogens is 1. The van der Waals surface area contributed by atoms with Gasteiger partial charge in [0.05, 0.1) is 5.39 Å². The van der Waals surface area contributed by atoms with E-state index < -0.39 is 0 Å². The Hall–Kier alpha value is -2.73. The van der Waals surface area contributed by atoms with Crippen molar-refractivity contribution in [2.45, 2.75) is 25.8 Å². The van der Waals surface area contributed by atoms with Gasteiger partial charge in [0.1, 0.15) is 17.3 Å². The Bertz CT molecular complexity index is 991. The molecule has 6 heteroatoms. The molecular formula is C21H23FN4O. The van der Waals surface area contributed by atoms with Crippen LogP contribution in [-0.4, -0.2) is 46.4 Å². The Morgan fingerprint density at radius 2 is 2.07 bits per heavy atom. The van der Waals surface area contributed by atoms with Crippen molar-refractivity contribution in [3.05, 3.63) is 47.8 Å². The second kappa shape index (κ2) is 7.12. The number of fused-ring (bicyclic) bond motifs is 1. The van der Waals surface area contributed by atoms with E-state index in [4.69, 9.17) is 0 Å². The lowest BCUT2D eigenvalue weighted by molar-refractivity contribution is 0.261. The summed E-state index contributed by atoms with van der Waals surface area (Å²) in [6, 6.07) is 10.5. The maximum absolute atomic E-state index is 14.8. The zero-order valence-corrected chi connectivity index (χ0v) is 15.5. The van der Waals surface area contributed by atoms with Crippen LogP contribution in [0.25, 0.3) is 22.0 Å². The van der Waals surface area contributed by atoms with Crippen LogP contribution >= 0.6 is 0 Å². The number of benzene rings is 2. The highest BCUT2D eigenvalue weighted by Crippen LogP contribution is 2.36. The molecule has 4 rings (SSSR count). The monoisotopic (exact) mass is 366 g/mol. The van der Waals surface area contributed by atoms with Crippen molar-refractivity contribution in [1.82, 2.24) is 15.1 Å².